The van der Waals surface area contributed by atoms with E-state index in [2.05, 4.69) is 20.7 Å². The van der Waals surface area contributed by atoms with Crippen molar-refractivity contribution in [2.24, 2.45) is 0 Å². The molecule has 0 saturated heterocycles. The summed E-state index contributed by atoms with van der Waals surface area (Å²) in [4.78, 5) is 30.9. The Morgan fingerprint density at radius 1 is 1.02 bits per heavy atom. The number of fused-ring (bicyclic) bond motifs is 1. The maximum absolute atomic E-state index is 14.2. The van der Waals surface area contributed by atoms with E-state index in [4.69, 9.17) is 18.6 Å². The van der Waals surface area contributed by atoms with Gasteiger partial charge < -0.3 is 23.9 Å². The maximum Gasteiger partial charge on any atom is 0.251 e. The SMILES string of the molecule is COc1ccc(-c2nnn(CC(=O)N(c3ccc4c(c3)OCCO4)[C@H](C(=O)NC3CCCCC3)c3ccc(C)o3)n2)cc1. The number of nitrogens with zero attached hydrogens (tertiary/aromatic N) is 5. The number of ether oxygens (including phenoxy) is 3. The van der Waals surface area contributed by atoms with Crippen LogP contribution in [-0.2, 0) is 16.1 Å². The van der Waals surface area contributed by atoms with E-state index < -0.39 is 11.9 Å². The molecule has 0 unspecified atom stereocenters. The Labute approximate surface area is 248 Å². The van der Waals surface area contributed by atoms with E-state index in [1.54, 1.807) is 56.5 Å². The summed E-state index contributed by atoms with van der Waals surface area (Å²) >= 11 is 0. The van der Waals surface area contributed by atoms with E-state index in [1.165, 1.54) is 9.70 Å². The first-order chi connectivity index (χ1) is 21.0. The minimum Gasteiger partial charge on any atom is -0.497 e. The molecule has 1 fully saturated rings. The maximum atomic E-state index is 14.2. The monoisotopic (exact) mass is 586 g/mol. The molecule has 3 heterocycles. The fraction of sp³-hybridized carbons (Fsp3) is 0.387. The second-order valence-electron chi connectivity index (χ2n) is 10.7. The third-order valence-electron chi connectivity index (χ3n) is 7.64. The molecule has 224 valence electrons. The van der Waals surface area contributed by atoms with Gasteiger partial charge in [-0.15, -0.1) is 10.2 Å². The van der Waals surface area contributed by atoms with Gasteiger partial charge in [0.1, 0.15) is 37.0 Å². The molecule has 6 rings (SSSR count). The Hall–Kier alpha value is -4.87. The average molecular weight is 587 g/mol. The number of aryl methyl sites for hydroxylation is 1. The predicted molar refractivity (Wildman–Crippen MR) is 156 cm³/mol. The molecule has 2 amide bonds. The summed E-state index contributed by atoms with van der Waals surface area (Å²) in [5, 5.41) is 15.9. The molecule has 1 atom stereocenters. The van der Waals surface area contributed by atoms with Crippen LogP contribution in [0, 0.1) is 6.92 Å². The van der Waals surface area contributed by atoms with Gasteiger partial charge in [0.25, 0.3) is 11.8 Å². The molecule has 0 radical (unpaired) electrons. The van der Waals surface area contributed by atoms with Gasteiger partial charge in [-0.05, 0) is 73.5 Å². The van der Waals surface area contributed by atoms with Crippen molar-refractivity contribution in [3.63, 3.8) is 0 Å². The van der Waals surface area contributed by atoms with Gasteiger partial charge in [0.05, 0.1) is 7.11 Å². The number of amides is 2. The van der Waals surface area contributed by atoms with E-state index in [9.17, 15) is 9.59 Å². The van der Waals surface area contributed by atoms with E-state index in [1.807, 2.05) is 12.1 Å². The van der Waals surface area contributed by atoms with Crippen molar-refractivity contribution >= 4 is 17.5 Å². The normalized spacial score (nSPS) is 15.5. The van der Waals surface area contributed by atoms with Gasteiger partial charge in [-0.2, -0.15) is 4.80 Å². The molecule has 1 N–H and O–H groups in total. The zero-order valence-corrected chi connectivity index (χ0v) is 24.2. The second kappa shape index (κ2) is 12.6. The average Bonchev–Trinajstić information content (AvgIpc) is 3.68. The lowest BCUT2D eigenvalue weighted by atomic mass is 9.95. The van der Waals surface area contributed by atoms with E-state index in [0.29, 0.717) is 53.5 Å². The van der Waals surface area contributed by atoms with Crippen LogP contribution in [0.4, 0.5) is 5.69 Å². The third kappa shape index (κ3) is 6.32. The Balaban J connectivity index is 1.35. The number of anilines is 1. The Bertz CT molecular complexity index is 1580. The molecule has 4 aromatic rings. The molecule has 2 aliphatic rings. The van der Waals surface area contributed by atoms with Gasteiger partial charge >= 0.3 is 0 Å². The highest BCUT2D eigenvalue weighted by Crippen LogP contribution is 2.38. The number of hydrogen-bond donors (Lipinski definition) is 1. The number of carbonyl (C=O) groups excluding carboxylic acids is 2. The highest BCUT2D eigenvalue weighted by molar-refractivity contribution is 6.01. The Kier molecular flexibility index (Phi) is 8.25. The van der Waals surface area contributed by atoms with Crippen molar-refractivity contribution in [1.29, 1.82) is 0 Å². The highest BCUT2D eigenvalue weighted by atomic mass is 16.6. The first-order valence-corrected chi connectivity index (χ1v) is 14.5. The fourth-order valence-electron chi connectivity index (χ4n) is 5.48. The number of tetrazole rings is 1. The molecule has 2 aromatic heterocycles. The lowest BCUT2D eigenvalue weighted by molar-refractivity contribution is -0.128. The summed E-state index contributed by atoms with van der Waals surface area (Å²) in [7, 11) is 1.59. The van der Waals surface area contributed by atoms with Crippen LogP contribution in [0.5, 0.6) is 17.2 Å². The van der Waals surface area contributed by atoms with Crippen LogP contribution < -0.4 is 24.4 Å². The van der Waals surface area contributed by atoms with Crippen molar-refractivity contribution in [1.82, 2.24) is 25.5 Å². The van der Waals surface area contributed by atoms with Crippen LogP contribution in [0.3, 0.4) is 0 Å². The molecule has 0 bridgehead atoms. The van der Waals surface area contributed by atoms with Crippen LogP contribution in [0.15, 0.2) is 59.0 Å². The molecule has 1 saturated carbocycles. The van der Waals surface area contributed by atoms with Crippen LogP contribution in [0.25, 0.3) is 11.4 Å². The molecule has 2 aromatic carbocycles. The molecular formula is C31H34N6O6. The van der Waals surface area contributed by atoms with Crippen LogP contribution in [0.1, 0.15) is 49.7 Å². The second-order valence-corrected chi connectivity index (χ2v) is 10.7. The zero-order chi connectivity index (χ0) is 29.8. The minimum atomic E-state index is -1.09. The first-order valence-electron chi connectivity index (χ1n) is 14.5. The van der Waals surface area contributed by atoms with E-state index in [0.717, 1.165) is 37.7 Å². The Morgan fingerprint density at radius 3 is 2.51 bits per heavy atom. The first kappa shape index (κ1) is 28.3. The molecule has 12 nitrogen and oxygen atoms in total. The summed E-state index contributed by atoms with van der Waals surface area (Å²) in [6, 6.07) is 14.9. The quantitative estimate of drug-likeness (QED) is 0.306. The van der Waals surface area contributed by atoms with Crippen LogP contribution >= 0.6 is 0 Å². The lowest BCUT2D eigenvalue weighted by Gasteiger charge is -2.32. The van der Waals surface area contributed by atoms with E-state index >= 15 is 0 Å². The van der Waals surface area contributed by atoms with Gasteiger partial charge in [-0.1, -0.05) is 19.3 Å². The number of rotatable bonds is 9. The summed E-state index contributed by atoms with van der Waals surface area (Å²) < 4.78 is 22.7. The third-order valence-corrected chi connectivity index (χ3v) is 7.64. The van der Waals surface area contributed by atoms with Crippen LogP contribution in [0.2, 0.25) is 0 Å². The summed E-state index contributed by atoms with van der Waals surface area (Å²) in [6.45, 7) is 2.34. The van der Waals surface area contributed by atoms with Crippen molar-refractivity contribution in [3.8, 4) is 28.6 Å². The van der Waals surface area contributed by atoms with E-state index in [-0.39, 0.29) is 18.5 Å². The standard InChI is InChI=1S/C31H34N6O6/c1-20-8-14-26(43-20)29(31(39)32-22-6-4-3-5-7-22)37(23-11-15-25-27(18-23)42-17-16-41-25)28(38)19-36-34-30(33-35-36)21-9-12-24(40-2)13-10-21/h8-15,18,22,29H,3-7,16-17,19H2,1-2H3,(H,32,39)/t29-/m0/s1. The molecule has 1 aliphatic carbocycles. The molecular weight excluding hydrogens is 552 g/mol. The van der Waals surface area contributed by atoms with Crippen molar-refractivity contribution in [2.45, 2.75) is 57.7 Å². The highest BCUT2D eigenvalue weighted by Gasteiger charge is 2.37. The fourth-order valence-corrected chi connectivity index (χ4v) is 5.48. The number of methoxy groups -OCH3 is 1. The number of benzene rings is 2. The molecule has 0 spiro atoms. The van der Waals surface area contributed by atoms with Gasteiger partial charge in [0.2, 0.25) is 5.82 Å². The minimum absolute atomic E-state index is 0.0288. The van der Waals surface area contributed by atoms with Gasteiger partial charge in [0, 0.05) is 23.4 Å². The predicted octanol–water partition coefficient (Wildman–Crippen LogP) is 4.24. The summed E-state index contributed by atoms with van der Waals surface area (Å²) in [5.74, 6) is 2.33. The van der Waals surface area contributed by atoms with Crippen molar-refractivity contribution < 1.29 is 28.2 Å². The van der Waals surface area contributed by atoms with Gasteiger partial charge in [-0.25, -0.2) is 0 Å². The van der Waals surface area contributed by atoms with Crippen molar-refractivity contribution in [3.05, 3.63) is 66.1 Å². The van der Waals surface area contributed by atoms with Crippen LogP contribution in [-0.4, -0.2) is 58.4 Å². The lowest BCUT2D eigenvalue weighted by Crippen LogP contribution is -2.48. The smallest absolute Gasteiger partial charge is 0.251 e. The van der Waals surface area contributed by atoms with Gasteiger partial charge in [0.15, 0.2) is 17.5 Å². The zero-order valence-electron chi connectivity index (χ0n) is 24.2. The molecule has 43 heavy (non-hydrogen) atoms. The number of hydrogen-bond acceptors (Lipinski definition) is 9. The number of furan rings is 1. The summed E-state index contributed by atoms with van der Waals surface area (Å²) in [5.41, 5.74) is 1.17. The summed E-state index contributed by atoms with van der Waals surface area (Å²) in [6.07, 6.45) is 5.04. The Morgan fingerprint density at radius 2 is 1.79 bits per heavy atom. The van der Waals surface area contributed by atoms with Crippen molar-refractivity contribution in [2.75, 3.05) is 25.2 Å². The largest absolute Gasteiger partial charge is 0.497 e. The topological polar surface area (TPSA) is 134 Å². The molecule has 12 heteroatoms. The number of nitrogens with one attached hydrogen (secondary N) is 1. The number of carbonyl (C=O) groups is 2. The number of aromatic nitrogens is 4. The van der Waals surface area contributed by atoms with Gasteiger partial charge in [-0.3, -0.25) is 14.5 Å². The molecule has 1 aliphatic heterocycles.